The Morgan fingerprint density at radius 1 is 1.32 bits per heavy atom. The molecule has 1 saturated carbocycles. The van der Waals surface area contributed by atoms with Gasteiger partial charge in [0.05, 0.1) is 5.75 Å². The van der Waals surface area contributed by atoms with Crippen molar-refractivity contribution in [3.8, 4) is 0 Å². The van der Waals surface area contributed by atoms with Gasteiger partial charge in [-0.3, -0.25) is 4.79 Å². The zero-order chi connectivity index (χ0) is 14.8. The van der Waals surface area contributed by atoms with Gasteiger partial charge in [0.25, 0.3) is 0 Å². The molecule has 0 aliphatic heterocycles. The average molecular weight is 291 g/mol. The number of rotatable bonds is 7. The Balaban J connectivity index is 2.58. The summed E-state index contributed by atoms with van der Waals surface area (Å²) in [4.78, 5) is 22.8. The second kappa shape index (κ2) is 5.48. The number of carboxylic acid groups (broad SMARTS) is 1. The molecule has 110 valence electrons. The van der Waals surface area contributed by atoms with Gasteiger partial charge < -0.3 is 10.4 Å². The van der Waals surface area contributed by atoms with Gasteiger partial charge >= 0.3 is 5.97 Å². The van der Waals surface area contributed by atoms with Crippen LogP contribution in [0.5, 0.6) is 0 Å². The van der Waals surface area contributed by atoms with E-state index < -0.39 is 27.3 Å². The minimum Gasteiger partial charge on any atom is -0.480 e. The molecule has 1 fully saturated rings. The molecule has 0 unspecified atom stereocenters. The van der Waals surface area contributed by atoms with Gasteiger partial charge in [0.1, 0.15) is 15.9 Å². The maximum Gasteiger partial charge on any atom is 0.326 e. The van der Waals surface area contributed by atoms with Crippen LogP contribution in [0.1, 0.15) is 33.1 Å². The van der Waals surface area contributed by atoms with Gasteiger partial charge in [-0.05, 0) is 24.2 Å². The van der Waals surface area contributed by atoms with Crippen LogP contribution in [0, 0.1) is 11.3 Å². The van der Waals surface area contributed by atoms with Gasteiger partial charge in [0, 0.05) is 12.7 Å². The van der Waals surface area contributed by atoms with Crippen LogP contribution in [0.25, 0.3) is 0 Å². The maximum absolute atomic E-state index is 11.8. The second-order valence-corrected chi connectivity index (χ2v) is 8.01. The largest absolute Gasteiger partial charge is 0.480 e. The number of amides is 1. The molecule has 2 N–H and O–H groups in total. The van der Waals surface area contributed by atoms with Crippen LogP contribution >= 0.6 is 0 Å². The molecule has 0 radical (unpaired) electrons. The van der Waals surface area contributed by atoms with Gasteiger partial charge in [-0.25, -0.2) is 13.2 Å². The molecule has 1 amide bonds. The third kappa shape index (κ3) is 5.18. The Kier molecular flexibility index (Phi) is 4.60. The molecule has 1 rings (SSSR count). The van der Waals surface area contributed by atoms with Crippen LogP contribution in [0.15, 0.2) is 0 Å². The number of nitrogens with one attached hydrogen (secondary N) is 1. The Bertz CT molecular complexity index is 465. The average Bonchev–Trinajstić information content (AvgIpc) is 2.89. The van der Waals surface area contributed by atoms with Crippen LogP contribution in [0.2, 0.25) is 0 Å². The number of hydrogen-bond donors (Lipinski definition) is 2. The Morgan fingerprint density at radius 2 is 1.84 bits per heavy atom. The highest BCUT2D eigenvalue weighted by Gasteiger charge is 2.47. The van der Waals surface area contributed by atoms with E-state index in [1.165, 1.54) is 0 Å². The van der Waals surface area contributed by atoms with Crippen molar-refractivity contribution in [1.82, 2.24) is 5.32 Å². The number of carboxylic acids is 1. The van der Waals surface area contributed by atoms with E-state index in [0.29, 0.717) is 12.8 Å². The molecular formula is C12H21NO5S. The van der Waals surface area contributed by atoms with E-state index in [1.807, 2.05) is 0 Å². The van der Waals surface area contributed by atoms with Gasteiger partial charge in [0.15, 0.2) is 0 Å². The highest BCUT2D eigenvalue weighted by atomic mass is 32.2. The summed E-state index contributed by atoms with van der Waals surface area (Å²) < 4.78 is 22.6. The van der Waals surface area contributed by atoms with Crippen LogP contribution < -0.4 is 5.32 Å². The molecule has 0 aromatic rings. The summed E-state index contributed by atoms with van der Waals surface area (Å²) in [5, 5.41) is 11.4. The Hall–Kier alpha value is -1.11. The van der Waals surface area contributed by atoms with Crippen molar-refractivity contribution in [3.63, 3.8) is 0 Å². The van der Waals surface area contributed by atoms with E-state index >= 15 is 0 Å². The molecule has 0 heterocycles. The monoisotopic (exact) mass is 291 g/mol. The molecule has 0 aromatic carbocycles. The molecule has 0 aromatic heterocycles. The second-order valence-electron chi connectivity index (χ2n) is 5.87. The predicted octanol–water partition coefficient (Wildman–Crippen LogP) is 0.427. The molecule has 7 heteroatoms. The molecule has 1 aliphatic rings. The van der Waals surface area contributed by atoms with Crippen LogP contribution in [-0.4, -0.2) is 43.5 Å². The van der Waals surface area contributed by atoms with Gasteiger partial charge in [-0.1, -0.05) is 13.8 Å². The van der Waals surface area contributed by atoms with E-state index in [2.05, 4.69) is 5.32 Å². The fourth-order valence-electron chi connectivity index (χ4n) is 2.18. The normalized spacial score (nSPS) is 18.9. The fraction of sp³-hybridized carbons (Fsp3) is 0.833. The molecule has 1 atom stereocenters. The van der Waals surface area contributed by atoms with E-state index in [4.69, 9.17) is 5.11 Å². The standard InChI is InChI=1S/C12H21NO5S/c1-8(2)10(11(15)16)13-9(14)6-12(4-5-12)7-19(3,17)18/h8,10H,4-7H2,1-3H3,(H,13,14)(H,15,16)/t10-/m0/s1. The van der Waals surface area contributed by atoms with Crippen molar-refractivity contribution in [3.05, 3.63) is 0 Å². The van der Waals surface area contributed by atoms with Crippen molar-refractivity contribution >= 4 is 21.7 Å². The van der Waals surface area contributed by atoms with Crippen molar-refractivity contribution < 1.29 is 23.1 Å². The lowest BCUT2D eigenvalue weighted by Crippen LogP contribution is -2.45. The smallest absolute Gasteiger partial charge is 0.326 e. The predicted molar refractivity (Wildman–Crippen MR) is 70.4 cm³/mol. The number of carbonyl (C=O) groups is 2. The van der Waals surface area contributed by atoms with Gasteiger partial charge in [-0.15, -0.1) is 0 Å². The molecule has 6 nitrogen and oxygen atoms in total. The summed E-state index contributed by atoms with van der Waals surface area (Å²) in [5.41, 5.74) is -0.475. The topological polar surface area (TPSA) is 101 Å². The van der Waals surface area contributed by atoms with E-state index in [9.17, 15) is 18.0 Å². The zero-order valence-corrected chi connectivity index (χ0v) is 12.3. The molecule has 0 bridgehead atoms. The molecule has 0 saturated heterocycles. The minimum absolute atomic E-state index is 0.00711. The lowest BCUT2D eigenvalue weighted by molar-refractivity contribution is -0.143. The van der Waals surface area contributed by atoms with Crippen molar-refractivity contribution in [1.29, 1.82) is 0 Å². The molecular weight excluding hydrogens is 270 g/mol. The third-order valence-electron chi connectivity index (χ3n) is 3.31. The van der Waals surface area contributed by atoms with Crippen LogP contribution in [0.4, 0.5) is 0 Å². The van der Waals surface area contributed by atoms with Crippen LogP contribution in [0.3, 0.4) is 0 Å². The first-order chi connectivity index (χ1) is 8.55. The highest BCUT2D eigenvalue weighted by molar-refractivity contribution is 7.90. The maximum atomic E-state index is 11.8. The first-order valence-electron chi connectivity index (χ1n) is 6.25. The summed E-state index contributed by atoms with van der Waals surface area (Å²) in [5.74, 6) is -1.68. The quantitative estimate of drug-likeness (QED) is 0.708. The van der Waals surface area contributed by atoms with E-state index in [-0.39, 0.29) is 24.0 Å². The van der Waals surface area contributed by atoms with Gasteiger partial charge in [-0.2, -0.15) is 0 Å². The van der Waals surface area contributed by atoms with Gasteiger partial charge in [0.2, 0.25) is 5.91 Å². The zero-order valence-electron chi connectivity index (χ0n) is 11.5. The lowest BCUT2D eigenvalue weighted by Gasteiger charge is -2.20. The molecule has 1 aliphatic carbocycles. The molecule has 0 spiro atoms. The summed E-state index contributed by atoms with van der Waals surface area (Å²) in [6, 6.07) is -0.929. The molecule has 19 heavy (non-hydrogen) atoms. The first kappa shape index (κ1) is 15.9. The summed E-state index contributed by atoms with van der Waals surface area (Å²) >= 11 is 0. The Labute approximate surface area is 113 Å². The summed E-state index contributed by atoms with van der Waals surface area (Å²) in [7, 11) is -3.12. The van der Waals surface area contributed by atoms with Crippen molar-refractivity contribution in [2.24, 2.45) is 11.3 Å². The minimum atomic E-state index is -3.12. The van der Waals surface area contributed by atoms with E-state index in [0.717, 1.165) is 6.26 Å². The summed E-state index contributed by atoms with van der Waals surface area (Å²) in [6.07, 6.45) is 2.63. The SMILES string of the molecule is CC(C)[C@H](NC(=O)CC1(CS(C)(=O)=O)CC1)C(=O)O. The number of hydrogen-bond acceptors (Lipinski definition) is 4. The lowest BCUT2D eigenvalue weighted by atomic mass is 10.0. The fourth-order valence-corrected chi connectivity index (χ4v) is 3.69. The third-order valence-corrected chi connectivity index (χ3v) is 4.45. The highest BCUT2D eigenvalue weighted by Crippen LogP contribution is 2.49. The Morgan fingerprint density at radius 3 is 2.16 bits per heavy atom. The van der Waals surface area contributed by atoms with Crippen LogP contribution in [-0.2, 0) is 19.4 Å². The summed E-state index contributed by atoms with van der Waals surface area (Å²) in [6.45, 7) is 3.42. The van der Waals surface area contributed by atoms with Crippen molar-refractivity contribution in [2.45, 2.75) is 39.2 Å². The number of sulfone groups is 1. The number of carbonyl (C=O) groups excluding carboxylic acids is 1. The number of aliphatic carboxylic acids is 1. The van der Waals surface area contributed by atoms with Crippen molar-refractivity contribution in [2.75, 3.05) is 12.0 Å². The first-order valence-corrected chi connectivity index (χ1v) is 8.31. The van der Waals surface area contributed by atoms with E-state index in [1.54, 1.807) is 13.8 Å².